The summed E-state index contributed by atoms with van der Waals surface area (Å²) >= 11 is 0. The Morgan fingerprint density at radius 3 is 2.43 bits per heavy atom. The van der Waals surface area contributed by atoms with Crippen molar-refractivity contribution in [3.63, 3.8) is 0 Å². The highest BCUT2D eigenvalue weighted by molar-refractivity contribution is 5.82. The van der Waals surface area contributed by atoms with Gasteiger partial charge in [-0.2, -0.15) is 0 Å². The van der Waals surface area contributed by atoms with Gasteiger partial charge in [-0.1, -0.05) is 6.42 Å². The van der Waals surface area contributed by atoms with Crippen molar-refractivity contribution in [2.75, 3.05) is 0 Å². The molecular weight excluding hydrogens is 176 g/mol. The third-order valence-electron chi connectivity index (χ3n) is 4.23. The van der Waals surface area contributed by atoms with Crippen LogP contribution >= 0.6 is 0 Å². The molecule has 3 aliphatic rings. The van der Waals surface area contributed by atoms with E-state index in [1.807, 2.05) is 0 Å². The zero-order valence-corrected chi connectivity index (χ0v) is 8.41. The van der Waals surface area contributed by atoms with Crippen LogP contribution in [0.25, 0.3) is 0 Å². The average Bonchev–Trinajstić information content (AvgIpc) is 2.58. The molecule has 0 aliphatic heterocycles. The summed E-state index contributed by atoms with van der Waals surface area (Å²) in [7, 11) is 0. The van der Waals surface area contributed by atoms with Crippen LogP contribution in [-0.2, 0) is 4.79 Å². The fraction of sp³-hybridized carbons (Fsp3) is 0.909. The summed E-state index contributed by atoms with van der Waals surface area (Å²) in [5.74, 6) is 2.17. The minimum atomic E-state index is 0.316. The zero-order chi connectivity index (χ0) is 9.71. The van der Waals surface area contributed by atoms with E-state index in [-0.39, 0.29) is 0 Å². The van der Waals surface area contributed by atoms with E-state index >= 15 is 0 Å². The summed E-state index contributed by atoms with van der Waals surface area (Å²) < 4.78 is 0. The number of fused-ring (bicyclic) bond motifs is 1. The van der Waals surface area contributed by atoms with Crippen molar-refractivity contribution in [1.29, 1.82) is 0 Å². The van der Waals surface area contributed by atoms with Crippen molar-refractivity contribution in [3.8, 4) is 0 Å². The minimum absolute atomic E-state index is 0.316. The van der Waals surface area contributed by atoms with Crippen molar-refractivity contribution in [2.24, 2.45) is 23.5 Å². The van der Waals surface area contributed by atoms with Gasteiger partial charge in [-0.25, -0.2) is 0 Å². The Morgan fingerprint density at radius 1 is 1.21 bits per heavy atom. The highest BCUT2D eigenvalue weighted by atomic mass is 16.2. The lowest BCUT2D eigenvalue weighted by atomic mass is 9.87. The van der Waals surface area contributed by atoms with Crippen LogP contribution in [0, 0.1) is 17.8 Å². The lowest BCUT2D eigenvalue weighted by molar-refractivity contribution is -0.124. The fourth-order valence-corrected chi connectivity index (χ4v) is 3.29. The molecule has 0 aromatic carbocycles. The number of hydrogen-bond acceptors (Lipinski definition) is 2. The highest BCUT2D eigenvalue weighted by Crippen LogP contribution is 2.57. The first kappa shape index (κ1) is 8.72. The Balaban J connectivity index is 1.48. The molecular formula is C11H18N2O. The Morgan fingerprint density at radius 2 is 1.86 bits per heavy atom. The van der Waals surface area contributed by atoms with Crippen LogP contribution in [0.3, 0.4) is 0 Å². The molecule has 2 unspecified atom stereocenters. The van der Waals surface area contributed by atoms with Gasteiger partial charge in [0.15, 0.2) is 0 Å². The third kappa shape index (κ3) is 1.26. The fourth-order valence-electron chi connectivity index (χ4n) is 3.29. The largest absolute Gasteiger partial charge is 0.353 e. The molecule has 0 spiro atoms. The van der Waals surface area contributed by atoms with Gasteiger partial charge in [0.25, 0.3) is 0 Å². The molecule has 3 nitrogen and oxygen atoms in total. The smallest absolute Gasteiger partial charge is 0.223 e. The van der Waals surface area contributed by atoms with E-state index < -0.39 is 0 Å². The van der Waals surface area contributed by atoms with Crippen molar-refractivity contribution in [3.05, 3.63) is 0 Å². The minimum Gasteiger partial charge on any atom is -0.353 e. The van der Waals surface area contributed by atoms with Crippen LogP contribution < -0.4 is 11.1 Å². The summed E-state index contributed by atoms with van der Waals surface area (Å²) in [6.45, 7) is 0. The van der Waals surface area contributed by atoms with Crippen molar-refractivity contribution in [1.82, 2.24) is 5.32 Å². The first-order valence-corrected chi connectivity index (χ1v) is 5.81. The van der Waals surface area contributed by atoms with E-state index in [1.54, 1.807) is 0 Å². The highest BCUT2D eigenvalue weighted by Gasteiger charge is 2.56. The van der Waals surface area contributed by atoms with E-state index in [2.05, 4.69) is 5.32 Å². The molecule has 1 amide bonds. The monoisotopic (exact) mass is 194 g/mol. The second-order valence-electron chi connectivity index (χ2n) is 5.22. The lowest BCUT2D eigenvalue weighted by Gasteiger charge is -2.33. The van der Waals surface area contributed by atoms with E-state index in [4.69, 9.17) is 5.73 Å². The maximum atomic E-state index is 11.8. The molecule has 0 aromatic heterocycles. The summed E-state index contributed by atoms with van der Waals surface area (Å²) in [5.41, 5.74) is 5.68. The molecule has 78 valence electrons. The molecule has 0 saturated heterocycles. The summed E-state index contributed by atoms with van der Waals surface area (Å²) in [6.07, 6.45) is 5.87. The molecule has 3 heteroatoms. The number of nitrogens with one attached hydrogen (secondary N) is 1. The molecule has 0 radical (unpaired) electrons. The van der Waals surface area contributed by atoms with E-state index in [0.29, 0.717) is 23.9 Å². The molecule has 3 saturated carbocycles. The van der Waals surface area contributed by atoms with E-state index in [9.17, 15) is 4.79 Å². The van der Waals surface area contributed by atoms with Crippen molar-refractivity contribution in [2.45, 2.75) is 44.2 Å². The summed E-state index contributed by atoms with van der Waals surface area (Å²) in [5, 5.41) is 3.12. The SMILES string of the molecule is NC1CC(NC(=O)C2C3CCCC32)C1. The van der Waals surface area contributed by atoms with Crippen molar-refractivity contribution >= 4 is 5.91 Å². The maximum absolute atomic E-state index is 11.8. The molecule has 3 rings (SSSR count). The van der Waals surface area contributed by atoms with Crippen LogP contribution in [0.2, 0.25) is 0 Å². The first-order chi connectivity index (χ1) is 6.75. The van der Waals surface area contributed by atoms with Crippen LogP contribution in [0.4, 0.5) is 0 Å². The first-order valence-electron chi connectivity index (χ1n) is 5.81. The van der Waals surface area contributed by atoms with Crippen LogP contribution in [0.5, 0.6) is 0 Å². The standard InChI is InChI=1S/C11H18N2O/c12-6-4-7(5-6)13-11(14)10-8-2-1-3-9(8)10/h6-10H,1-5,12H2,(H,13,14). The van der Waals surface area contributed by atoms with Gasteiger partial charge < -0.3 is 11.1 Å². The number of amides is 1. The Kier molecular flexibility index (Phi) is 1.84. The summed E-state index contributed by atoms with van der Waals surface area (Å²) in [6, 6.07) is 0.720. The van der Waals surface area contributed by atoms with Gasteiger partial charge in [0.05, 0.1) is 0 Å². The molecule has 3 fully saturated rings. The van der Waals surface area contributed by atoms with Gasteiger partial charge in [-0.3, -0.25) is 4.79 Å². The molecule has 14 heavy (non-hydrogen) atoms. The predicted octanol–water partition coefficient (Wildman–Crippen LogP) is 0.638. The normalized spacial score (nSPS) is 49.4. The zero-order valence-electron chi connectivity index (χ0n) is 8.41. The van der Waals surface area contributed by atoms with Crippen LogP contribution in [0.15, 0.2) is 0 Å². The van der Waals surface area contributed by atoms with Gasteiger partial charge in [0.2, 0.25) is 5.91 Å². The molecule has 0 aromatic rings. The Bertz CT molecular complexity index is 250. The van der Waals surface area contributed by atoms with Gasteiger partial charge in [0, 0.05) is 18.0 Å². The maximum Gasteiger partial charge on any atom is 0.223 e. The summed E-state index contributed by atoms with van der Waals surface area (Å²) in [4.78, 5) is 11.8. The van der Waals surface area contributed by atoms with Gasteiger partial charge in [-0.05, 0) is 37.5 Å². The molecule has 3 N–H and O–H groups in total. The van der Waals surface area contributed by atoms with Gasteiger partial charge >= 0.3 is 0 Å². The Labute approximate surface area is 84.4 Å². The lowest BCUT2D eigenvalue weighted by Crippen LogP contribution is -2.50. The van der Waals surface area contributed by atoms with E-state index in [1.165, 1.54) is 19.3 Å². The third-order valence-corrected chi connectivity index (χ3v) is 4.23. The molecule has 0 bridgehead atoms. The second-order valence-corrected chi connectivity index (χ2v) is 5.22. The molecule has 3 aliphatic carbocycles. The van der Waals surface area contributed by atoms with Crippen LogP contribution in [-0.4, -0.2) is 18.0 Å². The Hall–Kier alpha value is -0.570. The number of hydrogen-bond donors (Lipinski definition) is 2. The number of carbonyl (C=O) groups excluding carboxylic acids is 1. The number of nitrogens with two attached hydrogens (primary N) is 1. The number of carbonyl (C=O) groups is 1. The van der Waals surface area contributed by atoms with Crippen LogP contribution in [0.1, 0.15) is 32.1 Å². The molecule has 2 atom stereocenters. The quantitative estimate of drug-likeness (QED) is 0.677. The van der Waals surface area contributed by atoms with Crippen molar-refractivity contribution < 1.29 is 4.79 Å². The van der Waals surface area contributed by atoms with Gasteiger partial charge in [-0.15, -0.1) is 0 Å². The second kappa shape index (κ2) is 2.96. The van der Waals surface area contributed by atoms with E-state index in [0.717, 1.165) is 24.7 Å². The topological polar surface area (TPSA) is 55.1 Å². The predicted molar refractivity (Wildman–Crippen MR) is 53.5 cm³/mol. The average molecular weight is 194 g/mol. The number of rotatable bonds is 2. The molecule has 0 heterocycles. The van der Waals surface area contributed by atoms with Gasteiger partial charge in [0.1, 0.15) is 0 Å².